The van der Waals surface area contributed by atoms with Gasteiger partial charge in [-0.25, -0.2) is 4.98 Å². The lowest BCUT2D eigenvalue weighted by Crippen LogP contribution is -2.13. The normalized spacial score (nSPS) is 12.0. The number of aromatic nitrogens is 2. The van der Waals surface area contributed by atoms with Crippen molar-refractivity contribution in [1.82, 2.24) is 9.55 Å². The van der Waals surface area contributed by atoms with Crippen LogP contribution in [0.2, 0.25) is 0 Å². The van der Waals surface area contributed by atoms with E-state index < -0.39 is 0 Å². The van der Waals surface area contributed by atoms with Crippen molar-refractivity contribution in [3.8, 4) is 17.1 Å². The molecule has 6 heteroatoms. The number of hydrogen-bond donors (Lipinski definition) is 0. The Bertz CT molecular complexity index is 3440. The lowest BCUT2D eigenvalue weighted by atomic mass is 10.0. The van der Waals surface area contributed by atoms with E-state index in [-0.39, 0.29) is 0 Å². The van der Waals surface area contributed by atoms with Crippen LogP contribution in [0.4, 0.5) is 17.1 Å². The van der Waals surface area contributed by atoms with Crippen molar-refractivity contribution in [2.45, 2.75) is 0 Å². The monoisotopic (exact) mass is 707 g/mol. The summed E-state index contributed by atoms with van der Waals surface area (Å²) in [4.78, 5) is 7.67. The van der Waals surface area contributed by atoms with Crippen LogP contribution in [-0.4, -0.2) is 9.55 Å². The van der Waals surface area contributed by atoms with E-state index in [0.29, 0.717) is 11.5 Å². The Morgan fingerprint density at radius 1 is 0.455 bits per heavy atom. The number of furan rings is 2. The molecule has 8 aromatic carbocycles. The van der Waals surface area contributed by atoms with E-state index in [1.54, 1.807) is 0 Å². The molecular formula is C49H29N3O3. The molecule has 258 valence electrons. The Kier molecular flexibility index (Phi) is 6.24. The molecule has 0 saturated heterocycles. The van der Waals surface area contributed by atoms with Gasteiger partial charge in [0, 0.05) is 49.9 Å². The summed E-state index contributed by atoms with van der Waals surface area (Å²) in [7, 11) is 0. The molecule has 0 N–H and O–H groups in total. The fourth-order valence-corrected chi connectivity index (χ4v) is 8.44. The zero-order valence-electron chi connectivity index (χ0n) is 29.3. The molecule has 0 amide bonds. The van der Waals surface area contributed by atoms with Crippen LogP contribution in [0.25, 0.3) is 93.9 Å². The maximum atomic E-state index is 6.65. The molecule has 4 heterocycles. The molecular weight excluding hydrogens is 679 g/mol. The second-order valence-electron chi connectivity index (χ2n) is 13.9. The Morgan fingerprint density at radius 2 is 1.11 bits per heavy atom. The molecule has 0 saturated carbocycles. The minimum atomic E-state index is 0.543. The predicted molar refractivity (Wildman–Crippen MR) is 223 cm³/mol. The topological polar surface area (TPSA) is 60.5 Å². The Morgan fingerprint density at radius 3 is 1.95 bits per heavy atom. The van der Waals surface area contributed by atoms with Gasteiger partial charge in [0.15, 0.2) is 5.58 Å². The molecule has 0 spiro atoms. The predicted octanol–water partition coefficient (Wildman–Crippen LogP) is 13.9. The SMILES string of the molecule is c1ccc(-c2nc3c(N(c4ccc5oc6ccccc6c5c4)c4cccc5c6ccccc6n(-c6ccccc6)c45)c4c(cc3o2)oc2ccccc24)cc1. The van der Waals surface area contributed by atoms with E-state index >= 15 is 0 Å². The van der Waals surface area contributed by atoms with Gasteiger partial charge in [-0.05, 0) is 66.7 Å². The summed E-state index contributed by atoms with van der Waals surface area (Å²) in [6, 6.07) is 60.7. The summed E-state index contributed by atoms with van der Waals surface area (Å²) in [5, 5.41) is 6.34. The first kappa shape index (κ1) is 29.9. The van der Waals surface area contributed by atoms with Gasteiger partial charge in [0.1, 0.15) is 27.8 Å². The molecule has 0 fully saturated rings. The van der Waals surface area contributed by atoms with E-state index in [1.807, 2.05) is 60.7 Å². The van der Waals surface area contributed by atoms with Gasteiger partial charge in [-0.3, -0.25) is 0 Å². The maximum Gasteiger partial charge on any atom is 0.227 e. The Labute approximate surface area is 313 Å². The van der Waals surface area contributed by atoms with Gasteiger partial charge in [-0.2, -0.15) is 0 Å². The van der Waals surface area contributed by atoms with Crippen LogP contribution in [0.5, 0.6) is 0 Å². The average molecular weight is 708 g/mol. The first-order chi connectivity index (χ1) is 27.3. The quantitative estimate of drug-likeness (QED) is 0.178. The van der Waals surface area contributed by atoms with Crippen molar-refractivity contribution in [3.05, 3.63) is 176 Å². The van der Waals surface area contributed by atoms with Gasteiger partial charge in [-0.15, -0.1) is 0 Å². The van der Waals surface area contributed by atoms with Crippen LogP contribution in [0.3, 0.4) is 0 Å². The molecule has 0 bridgehead atoms. The first-order valence-corrected chi connectivity index (χ1v) is 18.4. The number of hydrogen-bond acceptors (Lipinski definition) is 5. The van der Waals surface area contributed by atoms with Gasteiger partial charge < -0.3 is 22.7 Å². The van der Waals surface area contributed by atoms with Gasteiger partial charge in [0.2, 0.25) is 5.89 Å². The second kappa shape index (κ2) is 11.5. The maximum absolute atomic E-state index is 6.65. The van der Waals surface area contributed by atoms with E-state index in [4.69, 9.17) is 18.2 Å². The minimum absolute atomic E-state index is 0.543. The van der Waals surface area contributed by atoms with Gasteiger partial charge >= 0.3 is 0 Å². The lowest BCUT2D eigenvalue weighted by Gasteiger charge is -2.28. The number of rotatable bonds is 5. The van der Waals surface area contributed by atoms with Crippen molar-refractivity contribution < 1.29 is 13.3 Å². The largest absolute Gasteiger partial charge is 0.456 e. The molecule has 0 radical (unpaired) electrons. The van der Waals surface area contributed by atoms with Crippen LogP contribution in [0.15, 0.2) is 189 Å². The number of oxazole rings is 1. The molecule has 0 aliphatic carbocycles. The molecule has 6 nitrogen and oxygen atoms in total. The highest BCUT2D eigenvalue weighted by atomic mass is 16.4. The third kappa shape index (κ3) is 4.39. The number of anilines is 3. The molecule has 0 unspecified atom stereocenters. The van der Waals surface area contributed by atoms with Crippen LogP contribution in [0.1, 0.15) is 0 Å². The molecule has 12 aromatic rings. The van der Waals surface area contributed by atoms with Crippen molar-refractivity contribution in [2.75, 3.05) is 4.90 Å². The van der Waals surface area contributed by atoms with Crippen molar-refractivity contribution in [3.63, 3.8) is 0 Å². The van der Waals surface area contributed by atoms with Crippen molar-refractivity contribution in [1.29, 1.82) is 0 Å². The Hall–Kier alpha value is -7.57. The fraction of sp³-hybridized carbons (Fsp3) is 0. The zero-order chi connectivity index (χ0) is 36.0. The number of para-hydroxylation sites is 5. The van der Waals surface area contributed by atoms with Crippen molar-refractivity contribution in [2.24, 2.45) is 0 Å². The summed E-state index contributed by atoms with van der Waals surface area (Å²) in [5.74, 6) is 0.543. The third-order valence-corrected chi connectivity index (χ3v) is 10.8. The average Bonchev–Trinajstić information content (AvgIpc) is 4.02. The second-order valence-corrected chi connectivity index (χ2v) is 13.9. The third-order valence-electron chi connectivity index (χ3n) is 10.8. The number of fused-ring (bicyclic) bond motifs is 10. The van der Waals surface area contributed by atoms with Crippen LogP contribution < -0.4 is 4.90 Å². The minimum Gasteiger partial charge on any atom is -0.456 e. The van der Waals surface area contributed by atoms with Gasteiger partial charge in [0.25, 0.3) is 0 Å². The molecule has 4 aromatic heterocycles. The van der Waals surface area contributed by atoms with Gasteiger partial charge in [-0.1, -0.05) is 103 Å². The van der Waals surface area contributed by atoms with Crippen LogP contribution in [-0.2, 0) is 0 Å². The van der Waals surface area contributed by atoms with Gasteiger partial charge in [0.05, 0.1) is 27.8 Å². The zero-order valence-corrected chi connectivity index (χ0v) is 29.3. The standard InChI is InChI=1S/C49H29N3O3/c1-3-14-30(15-4-1)49-50-46-44(55-49)29-43-45(36-20-9-12-25-41(36)54-43)48(46)52(32-26-27-42-37(28-32)34-19-8-11-24-40(34)53-42)39-23-13-21-35-33-18-7-10-22-38(33)51(47(35)39)31-16-5-2-6-17-31/h1-29H. The lowest BCUT2D eigenvalue weighted by molar-refractivity contribution is 0.617. The first-order valence-electron chi connectivity index (χ1n) is 18.4. The fourth-order valence-electron chi connectivity index (χ4n) is 8.44. The van der Waals surface area contributed by atoms with E-state index in [2.05, 4.69) is 125 Å². The summed E-state index contributed by atoms with van der Waals surface area (Å²) >= 11 is 0. The number of benzene rings is 8. The highest BCUT2D eigenvalue weighted by Gasteiger charge is 2.29. The summed E-state index contributed by atoms with van der Waals surface area (Å²) in [6.07, 6.45) is 0. The van der Waals surface area contributed by atoms with Crippen molar-refractivity contribution >= 4 is 93.8 Å². The highest BCUT2D eigenvalue weighted by molar-refractivity contribution is 6.23. The smallest absolute Gasteiger partial charge is 0.227 e. The highest BCUT2D eigenvalue weighted by Crippen LogP contribution is 2.51. The molecule has 0 aliphatic rings. The number of nitrogens with zero attached hydrogens (tertiary/aromatic N) is 3. The molecule has 0 aliphatic heterocycles. The van der Waals surface area contributed by atoms with E-state index in [1.165, 1.54) is 5.39 Å². The summed E-state index contributed by atoms with van der Waals surface area (Å²) in [6.45, 7) is 0. The summed E-state index contributed by atoms with van der Waals surface area (Å²) < 4.78 is 22.0. The van der Waals surface area contributed by atoms with Crippen LogP contribution >= 0.6 is 0 Å². The summed E-state index contributed by atoms with van der Waals surface area (Å²) in [5.41, 5.74) is 11.5. The molecule has 12 rings (SSSR count). The molecule has 55 heavy (non-hydrogen) atoms. The van der Waals surface area contributed by atoms with E-state index in [9.17, 15) is 0 Å². The van der Waals surface area contributed by atoms with Crippen LogP contribution in [0, 0.1) is 0 Å². The molecule has 0 atom stereocenters. The Balaban J connectivity index is 1.28. The van der Waals surface area contributed by atoms with E-state index in [0.717, 1.165) is 94.1 Å².